The first kappa shape index (κ1) is 10.9. The second-order valence-electron chi connectivity index (χ2n) is 4.26. The Morgan fingerprint density at radius 3 is 2.88 bits per heavy atom. The number of hydrogen-bond acceptors (Lipinski definition) is 1. The zero-order chi connectivity index (χ0) is 11.5. The van der Waals surface area contributed by atoms with Crippen molar-refractivity contribution in [3.8, 4) is 5.69 Å². The molecule has 0 saturated carbocycles. The number of nitrogens with zero attached hydrogens (tertiary/aromatic N) is 2. The lowest BCUT2D eigenvalue weighted by Crippen LogP contribution is -2.00. The first-order valence-corrected chi connectivity index (χ1v) is 5.77. The van der Waals surface area contributed by atoms with Gasteiger partial charge in [-0.05, 0) is 23.6 Å². The van der Waals surface area contributed by atoms with Crippen LogP contribution in [-0.4, -0.2) is 9.55 Å². The van der Waals surface area contributed by atoms with Crippen molar-refractivity contribution in [2.24, 2.45) is 0 Å². The SMILES string of the molecule is CCc1n[c]cn1-c1cccc(C(C)C)c1. The van der Waals surface area contributed by atoms with E-state index in [1.165, 1.54) is 11.3 Å². The molecule has 1 heterocycles. The fourth-order valence-electron chi connectivity index (χ4n) is 1.80. The molecule has 0 saturated heterocycles. The summed E-state index contributed by atoms with van der Waals surface area (Å²) in [6.07, 6.45) is 5.74. The van der Waals surface area contributed by atoms with Crippen LogP contribution in [0.4, 0.5) is 0 Å². The van der Waals surface area contributed by atoms with Crippen LogP contribution in [0, 0.1) is 6.20 Å². The molecule has 2 heteroatoms. The van der Waals surface area contributed by atoms with Gasteiger partial charge >= 0.3 is 0 Å². The number of benzene rings is 1. The fourth-order valence-corrected chi connectivity index (χ4v) is 1.80. The van der Waals surface area contributed by atoms with Gasteiger partial charge in [0, 0.05) is 18.3 Å². The second-order valence-corrected chi connectivity index (χ2v) is 4.26. The highest BCUT2D eigenvalue weighted by Crippen LogP contribution is 2.19. The Labute approximate surface area is 97.0 Å². The van der Waals surface area contributed by atoms with Gasteiger partial charge in [0.15, 0.2) is 0 Å². The molecular formula is C14H17N2. The molecule has 0 fully saturated rings. The molecule has 1 radical (unpaired) electrons. The molecule has 0 amide bonds. The standard InChI is InChI=1S/C14H17N2/c1-4-14-15-8-9-16(14)13-7-5-6-12(10-13)11(2)3/h5-7,9-11H,4H2,1-3H3. The van der Waals surface area contributed by atoms with Gasteiger partial charge in [0.2, 0.25) is 0 Å². The molecule has 16 heavy (non-hydrogen) atoms. The molecular weight excluding hydrogens is 196 g/mol. The number of aryl methyl sites for hydroxylation is 1. The number of hydrogen-bond donors (Lipinski definition) is 0. The highest BCUT2D eigenvalue weighted by atomic mass is 15.1. The van der Waals surface area contributed by atoms with Crippen molar-refractivity contribution in [2.75, 3.05) is 0 Å². The Morgan fingerprint density at radius 1 is 1.38 bits per heavy atom. The number of aromatic nitrogens is 2. The lowest BCUT2D eigenvalue weighted by molar-refractivity contribution is 0.853. The summed E-state index contributed by atoms with van der Waals surface area (Å²) in [5.41, 5.74) is 2.53. The lowest BCUT2D eigenvalue weighted by Gasteiger charge is -2.10. The summed E-state index contributed by atoms with van der Waals surface area (Å²) in [5.74, 6) is 1.61. The smallest absolute Gasteiger partial charge is 0.113 e. The third-order valence-corrected chi connectivity index (χ3v) is 2.79. The van der Waals surface area contributed by atoms with E-state index in [9.17, 15) is 0 Å². The number of imidazole rings is 1. The van der Waals surface area contributed by atoms with E-state index in [1.54, 1.807) is 0 Å². The molecule has 2 aromatic rings. The largest absolute Gasteiger partial charge is 0.303 e. The third kappa shape index (κ3) is 2.01. The quantitative estimate of drug-likeness (QED) is 0.764. The molecule has 2 nitrogen and oxygen atoms in total. The monoisotopic (exact) mass is 213 g/mol. The van der Waals surface area contributed by atoms with Crippen molar-refractivity contribution in [3.63, 3.8) is 0 Å². The van der Waals surface area contributed by atoms with Crippen LogP contribution in [0.1, 0.15) is 38.1 Å². The number of rotatable bonds is 3. The van der Waals surface area contributed by atoms with E-state index in [2.05, 4.69) is 60.8 Å². The Hall–Kier alpha value is -1.57. The molecule has 0 N–H and O–H groups in total. The van der Waals surface area contributed by atoms with Crippen LogP contribution < -0.4 is 0 Å². The van der Waals surface area contributed by atoms with Crippen molar-refractivity contribution in [2.45, 2.75) is 33.1 Å². The van der Waals surface area contributed by atoms with Crippen LogP contribution in [-0.2, 0) is 6.42 Å². The van der Waals surface area contributed by atoms with Crippen LogP contribution in [0.15, 0.2) is 30.5 Å². The Balaban J connectivity index is 2.44. The van der Waals surface area contributed by atoms with Crippen LogP contribution in [0.3, 0.4) is 0 Å². The minimum absolute atomic E-state index is 0.553. The van der Waals surface area contributed by atoms with Crippen LogP contribution in [0.2, 0.25) is 0 Å². The Kier molecular flexibility index (Phi) is 3.09. The normalized spacial score (nSPS) is 11.0. The van der Waals surface area contributed by atoms with Crippen LogP contribution in [0.25, 0.3) is 5.69 Å². The van der Waals surface area contributed by atoms with Gasteiger partial charge in [-0.15, -0.1) is 0 Å². The van der Waals surface area contributed by atoms with Crippen LogP contribution in [0.5, 0.6) is 0 Å². The van der Waals surface area contributed by atoms with Gasteiger partial charge in [-0.2, -0.15) is 0 Å². The van der Waals surface area contributed by atoms with E-state index in [-0.39, 0.29) is 0 Å². The first-order chi connectivity index (χ1) is 7.72. The van der Waals surface area contributed by atoms with Gasteiger partial charge in [0.05, 0.1) is 0 Å². The summed E-state index contributed by atoms with van der Waals surface area (Å²) in [6.45, 7) is 6.53. The topological polar surface area (TPSA) is 17.8 Å². The average Bonchev–Trinajstić information content (AvgIpc) is 2.77. The molecule has 0 atom stereocenters. The highest BCUT2D eigenvalue weighted by molar-refractivity contribution is 5.38. The summed E-state index contributed by atoms with van der Waals surface area (Å²) in [6, 6.07) is 8.60. The van der Waals surface area contributed by atoms with E-state index < -0.39 is 0 Å². The van der Waals surface area contributed by atoms with Crippen LogP contribution >= 0.6 is 0 Å². The van der Waals surface area contributed by atoms with E-state index >= 15 is 0 Å². The van der Waals surface area contributed by atoms with Crippen molar-refractivity contribution >= 4 is 0 Å². The minimum atomic E-state index is 0.553. The Morgan fingerprint density at radius 2 is 2.19 bits per heavy atom. The van der Waals surface area contributed by atoms with E-state index in [4.69, 9.17) is 0 Å². The van der Waals surface area contributed by atoms with Crippen molar-refractivity contribution < 1.29 is 0 Å². The molecule has 0 spiro atoms. The minimum Gasteiger partial charge on any atom is -0.303 e. The molecule has 1 aromatic heterocycles. The summed E-state index contributed by atoms with van der Waals surface area (Å²) >= 11 is 0. The second kappa shape index (κ2) is 4.52. The summed E-state index contributed by atoms with van der Waals surface area (Å²) < 4.78 is 2.10. The third-order valence-electron chi connectivity index (χ3n) is 2.79. The summed E-state index contributed by atoms with van der Waals surface area (Å²) in [7, 11) is 0. The molecule has 2 rings (SSSR count). The van der Waals surface area contributed by atoms with Gasteiger partial charge in [-0.25, -0.2) is 4.98 Å². The van der Waals surface area contributed by atoms with Gasteiger partial charge in [-0.3, -0.25) is 0 Å². The predicted octanol–water partition coefficient (Wildman–Crippen LogP) is 3.36. The molecule has 0 aliphatic rings. The molecule has 0 aliphatic heterocycles. The van der Waals surface area contributed by atoms with E-state index in [0.717, 1.165) is 12.2 Å². The van der Waals surface area contributed by atoms with E-state index in [0.29, 0.717) is 5.92 Å². The molecule has 0 bridgehead atoms. The average molecular weight is 213 g/mol. The lowest BCUT2D eigenvalue weighted by atomic mass is 10.0. The van der Waals surface area contributed by atoms with Crippen molar-refractivity contribution in [1.82, 2.24) is 9.55 Å². The van der Waals surface area contributed by atoms with Gasteiger partial charge in [-0.1, -0.05) is 32.9 Å². The molecule has 83 valence electrons. The van der Waals surface area contributed by atoms with Crippen molar-refractivity contribution in [3.05, 3.63) is 48.0 Å². The fraction of sp³-hybridized carbons (Fsp3) is 0.357. The zero-order valence-corrected chi connectivity index (χ0v) is 10.1. The van der Waals surface area contributed by atoms with Gasteiger partial charge in [0.25, 0.3) is 0 Å². The van der Waals surface area contributed by atoms with Gasteiger partial charge < -0.3 is 4.57 Å². The van der Waals surface area contributed by atoms with E-state index in [1.807, 2.05) is 6.20 Å². The van der Waals surface area contributed by atoms with Crippen molar-refractivity contribution in [1.29, 1.82) is 0 Å². The Bertz CT molecular complexity index is 469. The van der Waals surface area contributed by atoms with Gasteiger partial charge in [0.1, 0.15) is 12.0 Å². The maximum absolute atomic E-state index is 4.22. The molecule has 0 aliphatic carbocycles. The maximum Gasteiger partial charge on any atom is 0.113 e. The summed E-state index contributed by atoms with van der Waals surface area (Å²) in [4.78, 5) is 4.22. The molecule has 0 unspecified atom stereocenters. The first-order valence-electron chi connectivity index (χ1n) is 5.77. The molecule has 1 aromatic carbocycles. The zero-order valence-electron chi connectivity index (χ0n) is 10.1. The predicted molar refractivity (Wildman–Crippen MR) is 65.9 cm³/mol. The highest BCUT2D eigenvalue weighted by Gasteiger charge is 2.05. The maximum atomic E-state index is 4.22. The summed E-state index contributed by atoms with van der Waals surface area (Å²) in [5, 5.41) is 0.